The van der Waals surface area contributed by atoms with Crippen LogP contribution in [0.3, 0.4) is 0 Å². The van der Waals surface area contributed by atoms with Gasteiger partial charge in [-0.1, -0.05) is 0 Å². The van der Waals surface area contributed by atoms with E-state index in [1.165, 1.54) is 4.42 Å². The molecule has 0 amide bonds. The lowest BCUT2D eigenvalue weighted by Gasteiger charge is -2.33. The maximum atomic E-state index is 5.94. The van der Waals surface area contributed by atoms with Gasteiger partial charge in [0, 0.05) is 24.9 Å². The second-order valence-electron chi connectivity index (χ2n) is 2.94. The van der Waals surface area contributed by atoms with Gasteiger partial charge in [-0.05, 0) is 11.6 Å². The fourth-order valence-corrected chi connectivity index (χ4v) is 1.67. The predicted molar refractivity (Wildman–Crippen MR) is 55.7 cm³/mol. The van der Waals surface area contributed by atoms with Crippen LogP contribution in [0.25, 0.3) is 0 Å². The number of aliphatic imine (C=N–C) groups is 2. The maximum absolute atomic E-state index is 5.94. The zero-order valence-corrected chi connectivity index (χ0v) is 9.00. The Balaban J connectivity index is 2.10. The second-order valence-corrected chi connectivity index (χ2v) is 3.69. The molecule has 0 spiro atoms. The molecule has 1 fully saturated rings. The minimum absolute atomic E-state index is 0.253. The minimum Gasteiger partial charge on any atom is -0.378 e. The number of amidine groups is 1. The van der Waals surface area contributed by atoms with E-state index in [9.17, 15) is 0 Å². The zero-order chi connectivity index (χ0) is 9.97. The maximum Gasteiger partial charge on any atom is 0.222 e. The van der Waals surface area contributed by atoms with Gasteiger partial charge in [0.2, 0.25) is 11.3 Å². The van der Waals surface area contributed by atoms with Gasteiger partial charge in [0.15, 0.2) is 0 Å². The van der Waals surface area contributed by atoms with Crippen molar-refractivity contribution >= 4 is 34.6 Å². The monoisotopic (exact) mass is 236 g/mol. The Morgan fingerprint density at radius 1 is 1.29 bits per heavy atom. The van der Waals surface area contributed by atoms with Crippen LogP contribution in [0.15, 0.2) is 9.98 Å². The van der Waals surface area contributed by atoms with Crippen LogP contribution in [0.2, 0.25) is 0 Å². The highest BCUT2D eigenvalue weighted by molar-refractivity contribution is 6.65. The Bertz CT molecular complexity index is 275. The van der Waals surface area contributed by atoms with Crippen LogP contribution in [-0.4, -0.2) is 53.5 Å². The minimum atomic E-state index is 0.253. The third-order valence-electron chi connectivity index (χ3n) is 2.03. The number of ether oxygens (including phenoxy) is 1. The molecule has 2 aliphatic heterocycles. The number of guanidine groups is 1. The van der Waals surface area contributed by atoms with E-state index >= 15 is 0 Å². The first-order valence-electron chi connectivity index (χ1n) is 4.32. The van der Waals surface area contributed by atoms with Crippen LogP contribution in [0.1, 0.15) is 0 Å². The number of hydrogen-bond acceptors (Lipinski definition) is 5. The fraction of sp³-hybridized carbons (Fsp3) is 0.714. The highest BCUT2D eigenvalue weighted by Crippen LogP contribution is 2.11. The van der Waals surface area contributed by atoms with Crippen LogP contribution < -0.4 is 0 Å². The lowest BCUT2D eigenvalue weighted by molar-refractivity contribution is 0.0646. The first-order valence-corrected chi connectivity index (χ1v) is 5.03. The summed E-state index contributed by atoms with van der Waals surface area (Å²) in [5, 5.41) is 0.253. The van der Waals surface area contributed by atoms with Gasteiger partial charge in [0.05, 0.1) is 13.2 Å². The van der Waals surface area contributed by atoms with E-state index in [1.807, 2.05) is 4.90 Å². The number of hydrogen-bond donors (Lipinski definition) is 0. The van der Waals surface area contributed by atoms with Crippen LogP contribution in [0.4, 0.5) is 0 Å². The number of morpholine rings is 1. The molecule has 0 aromatic carbocycles. The van der Waals surface area contributed by atoms with Crippen molar-refractivity contribution in [2.75, 3.05) is 33.0 Å². The molecule has 0 N–H and O–H groups in total. The van der Waals surface area contributed by atoms with Crippen molar-refractivity contribution in [1.29, 1.82) is 0 Å². The third-order valence-corrected chi connectivity index (χ3v) is 2.49. The predicted octanol–water partition coefficient (Wildman–Crippen LogP) is 0.696. The van der Waals surface area contributed by atoms with Crippen molar-refractivity contribution in [3.05, 3.63) is 0 Å². The van der Waals surface area contributed by atoms with E-state index < -0.39 is 0 Å². The molecule has 5 nitrogen and oxygen atoms in total. The van der Waals surface area contributed by atoms with Crippen molar-refractivity contribution in [2.24, 2.45) is 9.98 Å². The Kier molecular flexibility index (Phi) is 3.10. The molecule has 0 saturated carbocycles. The fourth-order valence-electron chi connectivity index (χ4n) is 1.34. The standard InChI is InChI=1S/C7H10Cl2N4O/c8-6-10-5-13(9)7(11-6)12-1-3-14-4-2-12/h1-5H2. The average molecular weight is 237 g/mol. The molecule has 0 aromatic heterocycles. The zero-order valence-electron chi connectivity index (χ0n) is 7.49. The highest BCUT2D eigenvalue weighted by atomic mass is 35.5. The van der Waals surface area contributed by atoms with Gasteiger partial charge in [-0.25, -0.2) is 9.41 Å². The van der Waals surface area contributed by atoms with E-state index in [4.69, 9.17) is 28.1 Å². The molecule has 0 aromatic rings. The highest BCUT2D eigenvalue weighted by Gasteiger charge is 2.22. The largest absolute Gasteiger partial charge is 0.378 e. The van der Waals surface area contributed by atoms with Crippen molar-refractivity contribution < 1.29 is 4.74 Å². The number of rotatable bonds is 0. The molecule has 0 unspecified atom stereocenters. The Labute approximate surface area is 92.1 Å². The molecule has 0 aliphatic carbocycles. The molecule has 7 heteroatoms. The lowest BCUT2D eigenvalue weighted by atomic mass is 10.4. The molecule has 14 heavy (non-hydrogen) atoms. The Morgan fingerprint density at radius 3 is 2.71 bits per heavy atom. The van der Waals surface area contributed by atoms with Crippen molar-refractivity contribution in [2.45, 2.75) is 0 Å². The van der Waals surface area contributed by atoms with Gasteiger partial charge in [-0.2, -0.15) is 4.99 Å². The van der Waals surface area contributed by atoms with E-state index in [1.54, 1.807) is 0 Å². The summed E-state index contributed by atoms with van der Waals surface area (Å²) in [7, 11) is 0. The molecular weight excluding hydrogens is 227 g/mol. The van der Waals surface area contributed by atoms with E-state index in [2.05, 4.69) is 9.98 Å². The van der Waals surface area contributed by atoms with Crippen molar-refractivity contribution in [3.63, 3.8) is 0 Å². The lowest BCUT2D eigenvalue weighted by Crippen LogP contribution is -2.47. The average Bonchev–Trinajstić information content (AvgIpc) is 2.23. The van der Waals surface area contributed by atoms with E-state index in [-0.39, 0.29) is 5.29 Å². The summed E-state index contributed by atoms with van der Waals surface area (Å²) in [6, 6.07) is 0. The summed E-state index contributed by atoms with van der Waals surface area (Å²) in [6.07, 6.45) is 0. The van der Waals surface area contributed by atoms with Gasteiger partial charge < -0.3 is 9.64 Å². The smallest absolute Gasteiger partial charge is 0.222 e. The molecule has 2 heterocycles. The molecular formula is C7H10Cl2N4O. The summed E-state index contributed by atoms with van der Waals surface area (Å²) in [5.74, 6) is 0.662. The first-order chi connectivity index (χ1) is 6.77. The molecule has 0 radical (unpaired) electrons. The summed E-state index contributed by atoms with van der Waals surface area (Å²) >= 11 is 11.7. The topological polar surface area (TPSA) is 40.4 Å². The second kappa shape index (κ2) is 4.33. The van der Waals surface area contributed by atoms with Crippen molar-refractivity contribution in [1.82, 2.24) is 9.32 Å². The summed E-state index contributed by atoms with van der Waals surface area (Å²) < 4.78 is 6.69. The number of halogens is 2. The molecule has 1 saturated heterocycles. The van der Waals surface area contributed by atoms with Gasteiger partial charge in [0.25, 0.3) is 0 Å². The number of nitrogens with zero attached hydrogens (tertiary/aromatic N) is 4. The molecule has 0 atom stereocenters. The molecule has 78 valence electrons. The van der Waals surface area contributed by atoms with E-state index in [0.29, 0.717) is 25.8 Å². The van der Waals surface area contributed by atoms with Gasteiger partial charge in [0.1, 0.15) is 6.67 Å². The van der Waals surface area contributed by atoms with Crippen LogP contribution >= 0.6 is 23.4 Å². The summed E-state index contributed by atoms with van der Waals surface area (Å²) in [6.45, 7) is 3.30. The third kappa shape index (κ3) is 2.10. The summed E-state index contributed by atoms with van der Waals surface area (Å²) in [5.41, 5.74) is 0. The van der Waals surface area contributed by atoms with Crippen molar-refractivity contribution in [3.8, 4) is 0 Å². The van der Waals surface area contributed by atoms with Crippen LogP contribution in [0, 0.1) is 0 Å². The normalized spacial score (nSPS) is 23.3. The molecule has 2 aliphatic rings. The van der Waals surface area contributed by atoms with Crippen LogP contribution in [0.5, 0.6) is 0 Å². The Morgan fingerprint density at radius 2 is 2.00 bits per heavy atom. The van der Waals surface area contributed by atoms with E-state index in [0.717, 1.165) is 13.1 Å². The van der Waals surface area contributed by atoms with Gasteiger partial charge in [-0.3, -0.25) is 0 Å². The quantitative estimate of drug-likeness (QED) is 0.460. The molecule has 0 bridgehead atoms. The summed E-state index contributed by atoms with van der Waals surface area (Å²) in [4.78, 5) is 10.0. The van der Waals surface area contributed by atoms with Gasteiger partial charge >= 0.3 is 0 Å². The molecule has 2 rings (SSSR count). The Hall–Kier alpha value is -0.520. The SMILES string of the molecule is ClC1=NCN(Cl)C(N2CCOCC2)=N1. The van der Waals surface area contributed by atoms with Crippen LogP contribution in [-0.2, 0) is 4.74 Å². The van der Waals surface area contributed by atoms with Gasteiger partial charge in [-0.15, -0.1) is 0 Å². The first kappa shape index (κ1) is 10.0.